The molecule has 0 heterocycles. The number of aliphatic hydroxyl groups is 1. The minimum atomic E-state index is -0.722. The molecule has 0 aliphatic heterocycles. The van der Waals surface area contributed by atoms with Crippen LogP contribution in [0, 0.1) is 11.8 Å². The first-order valence-electron chi connectivity index (χ1n) is 8.02. The molecule has 1 amide bonds. The highest BCUT2D eigenvalue weighted by molar-refractivity contribution is 5.85. The van der Waals surface area contributed by atoms with Crippen LogP contribution in [-0.2, 0) is 9.59 Å². The van der Waals surface area contributed by atoms with Gasteiger partial charge in [-0.2, -0.15) is 0 Å². The van der Waals surface area contributed by atoms with Crippen LogP contribution in [-0.4, -0.2) is 28.9 Å². The molecule has 0 aromatic rings. The molecule has 2 aliphatic rings. The normalized spacial score (nSPS) is 30.6. The lowest BCUT2D eigenvalue weighted by atomic mass is 9.79. The molecular weight excluding hydrogens is 254 g/mol. The van der Waals surface area contributed by atoms with E-state index in [-0.39, 0.29) is 23.5 Å². The molecule has 2 atom stereocenters. The average Bonchev–Trinajstić information content (AvgIpc) is 2.61. The molecule has 0 aromatic carbocycles. The van der Waals surface area contributed by atoms with Crippen molar-refractivity contribution >= 4 is 11.7 Å². The van der Waals surface area contributed by atoms with Crippen molar-refractivity contribution in [1.29, 1.82) is 0 Å². The summed E-state index contributed by atoms with van der Waals surface area (Å²) in [7, 11) is 0. The van der Waals surface area contributed by atoms with Gasteiger partial charge in [0.1, 0.15) is 5.78 Å². The maximum atomic E-state index is 12.3. The molecule has 2 rings (SSSR count). The van der Waals surface area contributed by atoms with E-state index in [1.54, 1.807) is 0 Å². The number of hydrogen-bond acceptors (Lipinski definition) is 3. The van der Waals surface area contributed by atoms with E-state index in [0.717, 1.165) is 25.7 Å². The Bertz CT molecular complexity index is 359. The number of Topliss-reactive ketones (excluding diaryl/α,β-unsaturated/α-hetero) is 1. The zero-order chi connectivity index (χ0) is 14.6. The lowest BCUT2D eigenvalue weighted by Gasteiger charge is -2.30. The van der Waals surface area contributed by atoms with Crippen molar-refractivity contribution in [1.82, 2.24) is 5.32 Å². The number of carbonyl (C=O) groups is 2. The smallest absolute Gasteiger partial charge is 0.223 e. The summed E-state index contributed by atoms with van der Waals surface area (Å²) in [5.74, 6) is 0.341. The first-order chi connectivity index (χ1) is 9.50. The van der Waals surface area contributed by atoms with Crippen molar-refractivity contribution in [2.45, 2.75) is 70.3 Å². The Morgan fingerprint density at radius 2 is 1.95 bits per heavy atom. The van der Waals surface area contributed by atoms with Gasteiger partial charge in [0.05, 0.1) is 5.60 Å². The summed E-state index contributed by atoms with van der Waals surface area (Å²) in [6.45, 7) is 2.34. The third kappa shape index (κ3) is 4.05. The Morgan fingerprint density at radius 3 is 2.55 bits per heavy atom. The minimum Gasteiger partial charge on any atom is -0.388 e. The third-order valence-corrected chi connectivity index (χ3v) is 4.93. The van der Waals surface area contributed by atoms with Crippen molar-refractivity contribution in [3.05, 3.63) is 0 Å². The minimum absolute atomic E-state index is 0.0164. The molecular formula is C16H27NO3. The molecule has 2 unspecified atom stereocenters. The van der Waals surface area contributed by atoms with Crippen LogP contribution >= 0.6 is 0 Å². The molecule has 4 nitrogen and oxygen atoms in total. The SMILES string of the molecule is CC1CC(=O)CCC1C(=O)NCC1(O)CCCCCC1. The van der Waals surface area contributed by atoms with Gasteiger partial charge in [0.2, 0.25) is 5.91 Å². The molecule has 2 fully saturated rings. The third-order valence-electron chi connectivity index (χ3n) is 4.93. The molecule has 0 bridgehead atoms. The molecule has 0 aromatic heterocycles. The number of ketones is 1. The Hall–Kier alpha value is -0.900. The monoisotopic (exact) mass is 281 g/mol. The number of nitrogens with one attached hydrogen (secondary N) is 1. The molecule has 114 valence electrons. The number of hydrogen-bond donors (Lipinski definition) is 2. The highest BCUT2D eigenvalue weighted by Crippen LogP contribution is 2.29. The first kappa shape index (κ1) is 15.5. The summed E-state index contributed by atoms with van der Waals surface area (Å²) >= 11 is 0. The number of amides is 1. The van der Waals surface area contributed by atoms with Gasteiger partial charge in [0.25, 0.3) is 0 Å². The van der Waals surface area contributed by atoms with E-state index < -0.39 is 5.60 Å². The van der Waals surface area contributed by atoms with Crippen LogP contribution in [0.15, 0.2) is 0 Å². The Balaban J connectivity index is 1.83. The molecule has 2 saturated carbocycles. The van der Waals surface area contributed by atoms with Crippen molar-refractivity contribution in [2.24, 2.45) is 11.8 Å². The standard InChI is InChI=1S/C16H27NO3/c1-12-10-13(18)6-7-14(12)15(19)17-11-16(20)8-4-2-3-5-9-16/h12,14,20H,2-11H2,1H3,(H,17,19). The van der Waals surface area contributed by atoms with Crippen LogP contribution in [0.2, 0.25) is 0 Å². The number of rotatable bonds is 3. The van der Waals surface area contributed by atoms with Crippen LogP contribution < -0.4 is 5.32 Å². The van der Waals surface area contributed by atoms with Crippen LogP contribution in [0.3, 0.4) is 0 Å². The van der Waals surface area contributed by atoms with Crippen LogP contribution in [0.25, 0.3) is 0 Å². The molecule has 2 aliphatic carbocycles. The van der Waals surface area contributed by atoms with Crippen molar-refractivity contribution in [2.75, 3.05) is 6.54 Å². The van der Waals surface area contributed by atoms with Gasteiger partial charge in [-0.25, -0.2) is 0 Å². The fourth-order valence-electron chi connectivity index (χ4n) is 3.54. The molecule has 4 heteroatoms. The largest absolute Gasteiger partial charge is 0.388 e. The molecule has 2 N–H and O–H groups in total. The van der Waals surface area contributed by atoms with Crippen molar-refractivity contribution in [3.8, 4) is 0 Å². The first-order valence-corrected chi connectivity index (χ1v) is 8.02. The van der Waals surface area contributed by atoms with E-state index in [9.17, 15) is 14.7 Å². The second-order valence-electron chi connectivity index (χ2n) is 6.72. The van der Waals surface area contributed by atoms with Gasteiger partial charge in [-0.15, -0.1) is 0 Å². The predicted molar refractivity (Wildman–Crippen MR) is 77.2 cm³/mol. The van der Waals surface area contributed by atoms with Gasteiger partial charge in [-0.3, -0.25) is 9.59 Å². The van der Waals surface area contributed by atoms with Gasteiger partial charge < -0.3 is 10.4 Å². The van der Waals surface area contributed by atoms with E-state index in [0.29, 0.717) is 25.8 Å². The Labute approximate surface area is 121 Å². The number of carbonyl (C=O) groups excluding carboxylic acids is 2. The Kier molecular flexibility index (Phi) is 5.19. The van der Waals surface area contributed by atoms with Gasteiger partial charge in [0.15, 0.2) is 0 Å². The fraction of sp³-hybridized carbons (Fsp3) is 0.875. The predicted octanol–water partition coefficient (Wildman–Crippen LogP) is 2.19. The molecule has 0 radical (unpaired) electrons. The molecule has 0 spiro atoms. The lowest BCUT2D eigenvalue weighted by molar-refractivity contribution is -0.132. The second kappa shape index (κ2) is 6.70. The molecule has 0 saturated heterocycles. The average molecular weight is 281 g/mol. The molecule has 20 heavy (non-hydrogen) atoms. The fourth-order valence-corrected chi connectivity index (χ4v) is 3.54. The van der Waals surface area contributed by atoms with E-state index in [1.165, 1.54) is 12.8 Å². The topological polar surface area (TPSA) is 66.4 Å². The van der Waals surface area contributed by atoms with Crippen LogP contribution in [0.4, 0.5) is 0 Å². The zero-order valence-corrected chi connectivity index (χ0v) is 12.5. The van der Waals surface area contributed by atoms with Gasteiger partial charge in [-0.05, 0) is 25.2 Å². The maximum Gasteiger partial charge on any atom is 0.223 e. The summed E-state index contributed by atoms with van der Waals surface area (Å²) in [5.41, 5.74) is -0.722. The van der Waals surface area contributed by atoms with E-state index in [4.69, 9.17) is 0 Å². The highest BCUT2D eigenvalue weighted by atomic mass is 16.3. The van der Waals surface area contributed by atoms with E-state index in [1.807, 2.05) is 6.92 Å². The summed E-state index contributed by atoms with van der Waals surface area (Å²) in [5, 5.41) is 13.5. The summed E-state index contributed by atoms with van der Waals surface area (Å²) in [6.07, 6.45) is 7.70. The van der Waals surface area contributed by atoms with Crippen molar-refractivity contribution in [3.63, 3.8) is 0 Å². The summed E-state index contributed by atoms with van der Waals surface area (Å²) in [4.78, 5) is 23.6. The summed E-state index contributed by atoms with van der Waals surface area (Å²) in [6, 6.07) is 0. The quantitative estimate of drug-likeness (QED) is 0.779. The van der Waals surface area contributed by atoms with Crippen LogP contribution in [0.5, 0.6) is 0 Å². The Morgan fingerprint density at radius 1 is 1.30 bits per heavy atom. The second-order valence-corrected chi connectivity index (χ2v) is 6.72. The maximum absolute atomic E-state index is 12.3. The zero-order valence-electron chi connectivity index (χ0n) is 12.5. The van der Waals surface area contributed by atoms with Gasteiger partial charge >= 0.3 is 0 Å². The van der Waals surface area contributed by atoms with Gasteiger partial charge in [-0.1, -0.05) is 32.6 Å². The summed E-state index contributed by atoms with van der Waals surface area (Å²) < 4.78 is 0. The lowest BCUT2D eigenvalue weighted by Crippen LogP contribution is -2.46. The van der Waals surface area contributed by atoms with Crippen molar-refractivity contribution < 1.29 is 14.7 Å². The van der Waals surface area contributed by atoms with E-state index >= 15 is 0 Å². The van der Waals surface area contributed by atoms with Gasteiger partial charge in [0, 0.05) is 25.3 Å². The highest BCUT2D eigenvalue weighted by Gasteiger charge is 2.33. The van der Waals surface area contributed by atoms with E-state index in [2.05, 4.69) is 5.32 Å². The van der Waals surface area contributed by atoms with Crippen LogP contribution in [0.1, 0.15) is 64.7 Å².